The Morgan fingerprint density at radius 1 is 0.889 bits per heavy atom. The van der Waals surface area contributed by atoms with Crippen LogP contribution in [0.4, 0.5) is 0 Å². The first kappa shape index (κ1) is 9.26. The summed E-state index contributed by atoms with van der Waals surface area (Å²) >= 11 is 0. The fraction of sp³-hybridized carbons (Fsp3) is 0. The van der Waals surface area contributed by atoms with Gasteiger partial charge in [0.15, 0.2) is 0 Å². The third kappa shape index (κ3) is 8.26. The molecule has 0 unspecified atom stereocenters. The minimum Gasteiger partial charge on any atom is -0.311 e. The quantitative estimate of drug-likeness (QED) is 0.390. The number of rotatable bonds is 2. The van der Waals surface area contributed by atoms with Crippen LogP contribution < -0.4 is 4.86 Å². The second-order valence-electron chi connectivity index (χ2n) is 1.12. The normalized spacial score (nSPS) is 13.8. The summed E-state index contributed by atoms with van der Waals surface area (Å²) in [7, 11) is -9.85. The Morgan fingerprint density at radius 3 is 1.11 bits per heavy atom. The van der Waals surface area contributed by atoms with Gasteiger partial charge in [-0.3, -0.25) is 0 Å². The second-order valence-corrected chi connectivity index (χ2v) is 3.88. The molecule has 0 aromatic rings. The SMILES string of the molecule is O=P(O)(O)[N]P(=O)(O)O. The lowest BCUT2D eigenvalue weighted by molar-refractivity contribution is 0.337. The van der Waals surface area contributed by atoms with Crippen LogP contribution in [-0.2, 0) is 9.13 Å². The largest absolute Gasteiger partial charge is 0.427 e. The number of nitrogens with zero attached hydrogens (tertiary/aromatic N) is 1. The van der Waals surface area contributed by atoms with Crippen molar-refractivity contribution in [2.24, 2.45) is 0 Å². The molecule has 4 N–H and O–H groups in total. The third-order valence-electron chi connectivity index (χ3n) is 0.233. The van der Waals surface area contributed by atoms with E-state index in [0.29, 0.717) is 0 Å². The average Bonchev–Trinajstić information content (AvgIpc) is 1.14. The Labute approximate surface area is 50.1 Å². The molecule has 0 aliphatic heterocycles. The molecule has 9 heteroatoms. The van der Waals surface area contributed by atoms with Crippen LogP contribution in [0, 0.1) is 0 Å². The summed E-state index contributed by atoms with van der Waals surface area (Å²) in [6.07, 6.45) is 0. The lowest BCUT2D eigenvalue weighted by atomic mass is 13.9. The standard InChI is InChI=1S/H4NO6P2/c2-8(3,4)1-9(5,6)7/h(H2,2,3,4)(H2,5,6,7). The second kappa shape index (κ2) is 2.48. The van der Waals surface area contributed by atoms with Crippen molar-refractivity contribution < 1.29 is 28.7 Å². The molecule has 0 amide bonds. The van der Waals surface area contributed by atoms with Crippen LogP contribution in [0.1, 0.15) is 0 Å². The first-order chi connectivity index (χ1) is 3.71. The molecule has 0 bridgehead atoms. The zero-order valence-corrected chi connectivity index (χ0v) is 5.74. The minimum absolute atomic E-state index is 1.88. The van der Waals surface area contributed by atoms with E-state index < -0.39 is 15.5 Å². The van der Waals surface area contributed by atoms with E-state index in [0.717, 1.165) is 0 Å². The van der Waals surface area contributed by atoms with Crippen molar-refractivity contribution in [3.8, 4) is 0 Å². The zero-order valence-electron chi connectivity index (χ0n) is 3.95. The van der Waals surface area contributed by atoms with Gasteiger partial charge in [-0.25, -0.2) is 9.13 Å². The highest BCUT2D eigenvalue weighted by molar-refractivity contribution is 7.65. The van der Waals surface area contributed by atoms with Crippen molar-refractivity contribution in [3.63, 3.8) is 0 Å². The first-order valence-electron chi connectivity index (χ1n) is 1.57. The summed E-state index contributed by atoms with van der Waals surface area (Å²) in [4.78, 5) is 33.1. The molecule has 7 nitrogen and oxygen atoms in total. The monoisotopic (exact) mass is 176 g/mol. The maximum absolute atomic E-state index is 9.68. The molecule has 9 heavy (non-hydrogen) atoms. The van der Waals surface area contributed by atoms with Crippen molar-refractivity contribution in [1.82, 2.24) is 4.86 Å². The zero-order chi connectivity index (χ0) is 7.71. The van der Waals surface area contributed by atoms with Crippen LogP contribution in [0.15, 0.2) is 0 Å². The van der Waals surface area contributed by atoms with Crippen molar-refractivity contribution in [1.29, 1.82) is 0 Å². The van der Waals surface area contributed by atoms with E-state index in [-0.39, 0.29) is 0 Å². The Kier molecular flexibility index (Phi) is 2.55. The Bertz CT molecular complexity index is 151. The molecular weight excluding hydrogens is 172 g/mol. The molecule has 0 fully saturated rings. The van der Waals surface area contributed by atoms with Gasteiger partial charge in [0.25, 0.3) is 0 Å². The molecular formula is H4NO6P2. The summed E-state index contributed by atoms with van der Waals surface area (Å²) in [5.41, 5.74) is 0. The maximum Gasteiger partial charge on any atom is 0.427 e. The van der Waals surface area contributed by atoms with Crippen molar-refractivity contribution in [3.05, 3.63) is 0 Å². The lowest BCUT2D eigenvalue weighted by Crippen LogP contribution is -1.96. The van der Waals surface area contributed by atoms with E-state index in [1.807, 2.05) is 4.86 Å². The van der Waals surface area contributed by atoms with Gasteiger partial charge in [-0.2, -0.15) is 0 Å². The van der Waals surface area contributed by atoms with Gasteiger partial charge < -0.3 is 19.6 Å². The predicted molar refractivity (Wildman–Crippen MR) is 26.2 cm³/mol. The number of hydrogen-bond acceptors (Lipinski definition) is 2. The summed E-state index contributed by atoms with van der Waals surface area (Å²) in [5.74, 6) is 0. The summed E-state index contributed by atoms with van der Waals surface area (Å²) < 4.78 is 19.4. The summed E-state index contributed by atoms with van der Waals surface area (Å²) in [6.45, 7) is 0. The topological polar surface area (TPSA) is 129 Å². The van der Waals surface area contributed by atoms with Gasteiger partial charge in [0.1, 0.15) is 0 Å². The summed E-state index contributed by atoms with van der Waals surface area (Å²) in [6, 6.07) is 0. The molecule has 1 radical (unpaired) electrons. The Balaban J connectivity index is 4.07. The van der Waals surface area contributed by atoms with Crippen LogP contribution in [0.5, 0.6) is 0 Å². The summed E-state index contributed by atoms with van der Waals surface area (Å²) in [5, 5.41) is 0. The van der Waals surface area contributed by atoms with Crippen LogP contribution in [0.2, 0.25) is 0 Å². The molecule has 0 saturated heterocycles. The van der Waals surface area contributed by atoms with E-state index >= 15 is 0 Å². The van der Waals surface area contributed by atoms with Gasteiger partial charge in [0.05, 0.1) is 0 Å². The minimum atomic E-state index is -4.93. The highest BCUT2D eigenvalue weighted by Crippen LogP contribution is 2.47. The van der Waals surface area contributed by atoms with E-state index in [1.54, 1.807) is 0 Å². The van der Waals surface area contributed by atoms with E-state index in [9.17, 15) is 9.13 Å². The van der Waals surface area contributed by atoms with Gasteiger partial charge in [-0.1, -0.05) is 0 Å². The third-order valence-corrected chi connectivity index (χ3v) is 2.10. The van der Waals surface area contributed by atoms with E-state index in [1.165, 1.54) is 0 Å². The van der Waals surface area contributed by atoms with Gasteiger partial charge in [0, 0.05) is 0 Å². The van der Waals surface area contributed by atoms with Gasteiger partial charge >= 0.3 is 15.5 Å². The van der Waals surface area contributed by atoms with E-state index in [2.05, 4.69) is 0 Å². The molecule has 0 atom stereocenters. The average molecular weight is 176 g/mol. The molecule has 0 aromatic heterocycles. The van der Waals surface area contributed by atoms with Crippen molar-refractivity contribution in [2.75, 3.05) is 0 Å². The molecule has 0 aliphatic rings. The van der Waals surface area contributed by atoms with Gasteiger partial charge in [-0.15, -0.1) is 0 Å². The highest BCUT2D eigenvalue weighted by atomic mass is 31.3. The fourth-order valence-electron chi connectivity index (χ4n) is 0.152. The molecule has 0 heterocycles. The van der Waals surface area contributed by atoms with Crippen LogP contribution >= 0.6 is 15.5 Å². The van der Waals surface area contributed by atoms with Crippen molar-refractivity contribution in [2.45, 2.75) is 0 Å². The molecule has 0 aliphatic carbocycles. The molecule has 0 saturated carbocycles. The van der Waals surface area contributed by atoms with Crippen LogP contribution in [0.25, 0.3) is 0 Å². The molecule has 0 spiro atoms. The smallest absolute Gasteiger partial charge is 0.311 e. The Hall–Kier alpha value is 0.260. The molecule has 55 valence electrons. The maximum atomic E-state index is 9.68. The molecule has 0 aromatic carbocycles. The Morgan fingerprint density at radius 2 is 1.11 bits per heavy atom. The lowest BCUT2D eigenvalue weighted by Gasteiger charge is -2.02. The highest BCUT2D eigenvalue weighted by Gasteiger charge is 2.28. The first-order valence-corrected chi connectivity index (χ1v) is 4.70. The molecule has 0 rings (SSSR count). The van der Waals surface area contributed by atoms with Crippen molar-refractivity contribution >= 4 is 15.5 Å². The van der Waals surface area contributed by atoms with Gasteiger partial charge in [0.2, 0.25) is 0 Å². The van der Waals surface area contributed by atoms with Gasteiger partial charge in [-0.05, 0) is 4.86 Å². The number of hydrogen-bond donors (Lipinski definition) is 4. The predicted octanol–water partition coefficient (Wildman–Crippen LogP) is -1.22. The van der Waals surface area contributed by atoms with Crippen LogP contribution in [-0.4, -0.2) is 19.6 Å². The van der Waals surface area contributed by atoms with E-state index in [4.69, 9.17) is 19.6 Å². The fourth-order valence-corrected chi connectivity index (χ4v) is 1.37. The van der Waals surface area contributed by atoms with Crippen LogP contribution in [0.3, 0.4) is 0 Å².